The summed E-state index contributed by atoms with van der Waals surface area (Å²) in [5, 5.41) is 0. The fourth-order valence-corrected chi connectivity index (χ4v) is 1.83. The molecule has 0 saturated heterocycles. The molecule has 15 heavy (non-hydrogen) atoms. The molecular weight excluding hydrogens is 297 g/mol. The number of quaternary nitrogens is 1. The predicted molar refractivity (Wildman–Crippen MR) is 64.9 cm³/mol. The van der Waals surface area contributed by atoms with E-state index < -0.39 is 0 Å². The first-order valence-corrected chi connectivity index (χ1v) is 6.62. The lowest BCUT2D eigenvalue weighted by atomic mass is 10.2. The second-order valence-corrected chi connectivity index (χ2v) is 4.58. The van der Waals surface area contributed by atoms with E-state index in [2.05, 4.69) is 20.9 Å². The van der Waals surface area contributed by atoms with E-state index in [0.29, 0.717) is 0 Å². The Morgan fingerprint density at radius 3 is 1.40 bits per heavy atom. The zero-order valence-electron chi connectivity index (χ0n) is 10.9. The Morgan fingerprint density at radius 1 is 0.667 bits per heavy atom. The summed E-state index contributed by atoms with van der Waals surface area (Å²) in [7, 11) is 2.35. The fraction of sp³-hybridized carbons (Fsp3) is 1.00. The fourth-order valence-electron chi connectivity index (χ4n) is 1.83. The summed E-state index contributed by atoms with van der Waals surface area (Å²) in [6.07, 6.45) is 11.3. The van der Waals surface area contributed by atoms with Crippen LogP contribution in [0.4, 0.5) is 0 Å². The highest BCUT2D eigenvalue weighted by Gasteiger charge is 2.00. The van der Waals surface area contributed by atoms with E-state index in [0.717, 1.165) is 0 Å². The van der Waals surface area contributed by atoms with Crippen LogP contribution in [0.3, 0.4) is 0 Å². The highest BCUT2D eigenvalue weighted by atomic mass is 127. The number of rotatable bonds is 10. The lowest BCUT2D eigenvalue weighted by Crippen LogP contribution is -3.09. The molecule has 2 heteroatoms. The number of hydrogen-bond donors (Lipinski definition) is 1. The maximum absolute atomic E-state index is 2.35. The Morgan fingerprint density at radius 2 is 1.07 bits per heavy atom. The van der Waals surface area contributed by atoms with Gasteiger partial charge in [0.15, 0.2) is 0 Å². The van der Waals surface area contributed by atoms with Crippen LogP contribution in [0.15, 0.2) is 0 Å². The van der Waals surface area contributed by atoms with Crippen molar-refractivity contribution < 1.29 is 28.9 Å². The summed E-state index contributed by atoms with van der Waals surface area (Å²) in [5.74, 6) is 0. The van der Waals surface area contributed by atoms with Crippen molar-refractivity contribution in [2.24, 2.45) is 0 Å². The van der Waals surface area contributed by atoms with Crippen molar-refractivity contribution >= 4 is 0 Å². The van der Waals surface area contributed by atoms with Gasteiger partial charge in [0.25, 0.3) is 0 Å². The third-order valence-corrected chi connectivity index (χ3v) is 2.91. The summed E-state index contributed by atoms with van der Waals surface area (Å²) in [6.45, 7) is 7.32. The van der Waals surface area contributed by atoms with E-state index in [9.17, 15) is 0 Å². The lowest BCUT2D eigenvalue weighted by molar-refractivity contribution is -0.880. The zero-order valence-corrected chi connectivity index (χ0v) is 13.1. The van der Waals surface area contributed by atoms with E-state index in [1.807, 2.05) is 0 Å². The van der Waals surface area contributed by atoms with Gasteiger partial charge in [-0.25, -0.2) is 0 Å². The lowest BCUT2D eigenvalue weighted by Gasteiger charge is -2.13. The SMILES string of the molecule is CCCCCC[NH+](C)CCCCCC.[I-]. The van der Waals surface area contributed by atoms with E-state index in [1.165, 1.54) is 64.5 Å². The van der Waals surface area contributed by atoms with Crippen LogP contribution < -0.4 is 28.9 Å². The highest BCUT2D eigenvalue weighted by Crippen LogP contribution is 1.97. The van der Waals surface area contributed by atoms with Gasteiger partial charge < -0.3 is 28.9 Å². The first-order chi connectivity index (χ1) is 6.81. The van der Waals surface area contributed by atoms with Gasteiger partial charge in [0.05, 0.1) is 20.1 Å². The van der Waals surface area contributed by atoms with Crippen molar-refractivity contribution in [1.29, 1.82) is 0 Å². The average molecular weight is 327 g/mol. The van der Waals surface area contributed by atoms with Gasteiger partial charge in [-0.05, 0) is 25.7 Å². The smallest absolute Gasteiger partial charge is 0.0768 e. The number of hydrogen-bond acceptors (Lipinski definition) is 0. The van der Waals surface area contributed by atoms with Crippen LogP contribution in [0.1, 0.15) is 65.2 Å². The molecule has 0 bridgehead atoms. The quantitative estimate of drug-likeness (QED) is 0.414. The van der Waals surface area contributed by atoms with Gasteiger partial charge in [-0.3, -0.25) is 0 Å². The Balaban J connectivity index is 0. The predicted octanol–water partition coefficient (Wildman–Crippen LogP) is -0.334. The molecule has 0 unspecified atom stereocenters. The van der Waals surface area contributed by atoms with Crippen molar-refractivity contribution in [1.82, 2.24) is 0 Å². The molecule has 0 spiro atoms. The van der Waals surface area contributed by atoms with E-state index >= 15 is 0 Å². The van der Waals surface area contributed by atoms with Crippen LogP contribution in [-0.4, -0.2) is 20.1 Å². The van der Waals surface area contributed by atoms with Crippen molar-refractivity contribution in [3.05, 3.63) is 0 Å². The maximum Gasteiger partial charge on any atom is 0.0768 e. The van der Waals surface area contributed by atoms with Crippen molar-refractivity contribution in [3.8, 4) is 0 Å². The molecule has 0 heterocycles. The second-order valence-electron chi connectivity index (χ2n) is 4.58. The molecule has 0 fully saturated rings. The molecule has 0 aromatic carbocycles. The molecule has 0 radical (unpaired) electrons. The minimum absolute atomic E-state index is 0. The molecule has 0 aromatic rings. The molecule has 0 aliphatic rings. The van der Waals surface area contributed by atoms with Crippen LogP contribution in [0.2, 0.25) is 0 Å². The number of nitrogens with one attached hydrogen (secondary N) is 1. The normalized spacial score (nSPS) is 10.4. The van der Waals surface area contributed by atoms with Gasteiger partial charge in [0.2, 0.25) is 0 Å². The Kier molecular flexibility index (Phi) is 17.7. The number of halogens is 1. The Labute approximate surface area is 114 Å². The summed E-state index contributed by atoms with van der Waals surface area (Å²) in [6, 6.07) is 0. The first kappa shape index (κ1) is 18.1. The van der Waals surface area contributed by atoms with Crippen LogP contribution in [0.25, 0.3) is 0 Å². The molecule has 0 rings (SSSR count). The van der Waals surface area contributed by atoms with Crippen LogP contribution in [0.5, 0.6) is 0 Å². The molecule has 1 nitrogen and oxygen atoms in total. The summed E-state index contributed by atoms with van der Waals surface area (Å²) in [4.78, 5) is 1.73. The molecule has 0 saturated carbocycles. The van der Waals surface area contributed by atoms with Crippen LogP contribution in [-0.2, 0) is 0 Å². The highest BCUT2D eigenvalue weighted by molar-refractivity contribution is 4.40. The molecule has 0 aliphatic carbocycles. The molecule has 0 aliphatic heterocycles. The summed E-state index contributed by atoms with van der Waals surface area (Å²) >= 11 is 0. The third kappa shape index (κ3) is 14.7. The van der Waals surface area contributed by atoms with Crippen LogP contribution in [0, 0.1) is 0 Å². The maximum atomic E-state index is 2.35. The summed E-state index contributed by atoms with van der Waals surface area (Å²) in [5.41, 5.74) is 0. The van der Waals surface area contributed by atoms with Crippen molar-refractivity contribution in [2.45, 2.75) is 65.2 Å². The number of unbranched alkanes of at least 4 members (excludes halogenated alkanes) is 6. The Bertz CT molecular complexity index is 94.7. The molecule has 0 amide bonds. The monoisotopic (exact) mass is 327 g/mol. The van der Waals surface area contributed by atoms with Crippen molar-refractivity contribution in [3.63, 3.8) is 0 Å². The second kappa shape index (κ2) is 14.7. The average Bonchev–Trinajstić information content (AvgIpc) is 2.19. The minimum Gasteiger partial charge on any atom is -1.00 e. The van der Waals surface area contributed by atoms with E-state index in [4.69, 9.17) is 0 Å². The van der Waals surface area contributed by atoms with Gasteiger partial charge in [0.1, 0.15) is 0 Å². The molecular formula is C13H30IN. The Hall–Kier alpha value is 0.690. The third-order valence-electron chi connectivity index (χ3n) is 2.91. The molecule has 94 valence electrons. The van der Waals surface area contributed by atoms with Gasteiger partial charge in [-0.15, -0.1) is 0 Å². The van der Waals surface area contributed by atoms with Gasteiger partial charge >= 0.3 is 0 Å². The van der Waals surface area contributed by atoms with Crippen LogP contribution >= 0.6 is 0 Å². The zero-order chi connectivity index (χ0) is 10.6. The molecule has 0 aromatic heterocycles. The van der Waals surface area contributed by atoms with E-state index in [1.54, 1.807) is 4.90 Å². The van der Waals surface area contributed by atoms with Crippen molar-refractivity contribution in [2.75, 3.05) is 20.1 Å². The largest absolute Gasteiger partial charge is 1.00 e. The van der Waals surface area contributed by atoms with Gasteiger partial charge in [0, 0.05) is 0 Å². The van der Waals surface area contributed by atoms with Gasteiger partial charge in [-0.1, -0.05) is 39.5 Å². The standard InChI is InChI=1S/C13H29N.HI/c1-4-6-8-10-12-14(3)13-11-9-7-5-2;/h4-13H2,1-3H3;1H. The topological polar surface area (TPSA) is 4.44 Å². The minimum atomic E-state index is 0. The van der Waals surface area contributed by atoms with Gasteiger partial charge in [-0.2, -0.15) is 0 Å². The first-order valence-electron chi connectivity index (χ1n) is 6.62. The van der Waals surface area contributed by atoms with E-state index in [-0.39, 0.29) is 24.0 Å². The molecule has 0 atom stereocenters. The summed E-state index contributed by atoms with van der Waals surface area (Å²) < 4.78 is 0. The molecule has 1 N–H and O–H groups in total.